The third-order valence-corrected chi connectivity index (χ3v) is 3.96. The number of ether oxygens (including phenoxy) is 1. The van der Waals surface area contributed by atoms with E-state index in [9.17, 15) is 4.79 Å². The summed E-state index contributed by atoms with van der Waals surface area (Å²) in [5.74, 6) is 1.33. The number of carbonyl (C=O) groups excluding carboxylic acids is 1. The number of anilines is 1. The Kier molecular flexibility index (Phi) is 5.87. The second-order valence-electron chi connectivity index (χ2n) is 5.74. The number of hydrogen-bond acceptors (Lipinski definition) is 4. The molecule has 116 valence electrons. The summed E-state index contributed by atoms with van der Waals surface area (Å²) >= 11 is 0. The maximum Gasteiger partial charge on any atom is 0.257 e. The fraction of sp³-hybridized carbons (Fsp3) is 0.562. The normalized spacial score (nSPS) is 16.6. The van der Waals surface area contributed by atoms with E-state index < -0.39 is 0 Å². The zero-order valence-electron chi connectivity index (χ0n) is 12.7. The molecule has 1 saturated heterocycles. The molecule has 0 saturated carbocycles. The Hall–Kier alpha value is -1.75. The van der Waals surface area contributed by atoms with Crippen LogP contribution in [0.2, 0.25) is 0 Å². The van der Waals surface area contributed by atoms with E-state index in [-0.39, 0.29) is 12.5 Å². The average molecular weight is 291 g/mol. The topological polar surface area (TPSA) is 67.6 Å². The highest BCUT2D eigenvalue weighted by atomic mass is 16.5. The van der Waals surface area contributed by atoms with Gasteiger partial charge in [0.15, 0.2) is 6.61 Å². The highest BCUT2D eigenvalue weighted by Crippen LogP contribution is 2.18. The molecule has 1 heterocycles. The summed E-state index contributed by atoms with van der Waals surface area (Å²) in [7, 11) is 2.16. The van der Waals surface area contributed by atoms with Crippen LogP contribution >= 0.6 is 0 Å². The van der Waals surface area contributed by atoms with Gasteiger partial charge in [0, 0.05) is 12.2 Å². The molecule has 0 unspecified atom stereocenters. The van der Waals surface area contributed by atoms with Crippen molar-refractivity contribution in [1.29, 1.82) is 0 Å². The zero-order valence-corrected chi connectivity index (χ0v) is 12.7. The number of rotatable bonds is 6. The van der Waals surface area contributed by atoms with Gasteiger partial charge in [-0.2, -0.15) is 0 Å². The molecular weight excluding hydrogens is 266 g/mol. The molecule has 5 heteroatoms. The van der Waals surface area contributed by atoms with Gasteiger partial charge in [0.25, 0.3) is 5.91 Å². The maximum absolute atomic E-state index is 11.7. The van der Waals surface area contributed by atoms with Crippen molar-refractivity contribution in [2.75, 3.05) is 39.0 Å². The monoisotopic (exact) mass is 291 g/mol. The number of hydrogen-bond donors (Lipinski definition) is 2. The molecule has 1 aliphatic heterocycles. The summed E-state index contributed by atoms with van der Waals surface area (Å²) in [6.07, 6.45) is 3.52. The molecule has 1 aliphatic rings. The lowest BCUT2D eigenvalue weighted by molar-refractivity contribution is -0.123. The summed E-state index contributed by atoms with van der Waals surface area (Å²) in [5, 5.41) is 2.92. The van der Waals surface area contributed by atoms with E-state index in [2.05, 4.69) is 17.3 Å². The summed E-state index contributed by atoms with van der Waals surface area (Å²) in [4.78, 5) is 14.1. The van der Waals surface area contributed by atoms with E-state index in [1.807, 2.05) is 0 Å². The second kappa shape index (κ2) is 7.88. The van der Waals surface area contributed by atoms with Gasteiger partial charge in [-0.1, -0.05) is 0 Å². The van der Waals surface area contributed by atoms with Crippen LogP contribution in [0.25, 0.3) is 0 Å². The average Bonchev–Trinajstić information content (AvgIpc) is 2.49. The second-order valence-corrected chi connectivity index (χ2v) is 5.74. The van der Waals surface area contributed by atoms with E-state index >= 15 is 0 Å². The largest absolute Gasteiger partial charge is 0.484 e. The van der Waals surface area contributed by atoms with Gasteiger partial charge in [-0.3, -0.25) is 4.79 Å². The first kappa shape index (κ1) is 15.6. The number of likely N-dealkylation sites (tertiary alicyclic amines) is 1. The van der Waals surface area contributed by atoms with Gasteiger partial charge in [-0.25, -0.2) is 0 Å². The fourth-order valence-electron chi connectivity index (χ4n) is 2.53. The Bertz CT molecular complexity index is 439. The van der Waals surface area contributed by atoms with Crippen LogP contribution in [0.3, 0.4) is 0 Å². The fourth-order valence-corrected chi connectivity index (χ4v) is 2.53. The van der Waals surface area contributed by atoms with Crippen LogP contribution in [0.15, 0.2) is 24.3 Å². The number of carbonyl (C=O) groups is 1. The maximum atomic E-state index is 11.7. The molecule has 5 nitrogen and oxygen atoms in total. The van der Waals surface area contributed by atoms with Crippen LogP contribution in [0.1, 0.15) is 19.3 Å². The molecule has 0 aromatic heterocycles. The van der Waals surface area contributed by atoms with E-state index in [4.69, 9.17) is 10.5 Å². The first-order valence-corrected chi connectivity index (χ1v) is 7.57. The van der Waals surface area contributed by atoms with Gasteiger partial charge >= 0.3 is 0 Å². The minimum Gasteiger partial charge on any atom is -0.484 e. The lowest BCUT2D eigenvalue weighted by Crippen LogP contribution is -2.34. The zero-order chi connectivity index (χ0) is 15.1. The summed E-state index contributed by atoms with van der Waals surface area (Å²) in [6.45, 7) is 3.12. The van der Waals surface area contributed by atoms with Gasteiger partial charge in [0.2, 0.25) is 0 Å². The third-order valence-electron chi connectivity index (χ3n) is 3.96. The number of benzene rings is 1. The minimum absolute atomic E-state index is 0.0529. The first-order valence-electron chi connectivity index (χ1n) is 7.57. The number of nitrogens with one attached hydrogen (secondary N) is 1. The van der Waals surface area contributed by atoms with Crippen LogP contribution in [-0.4, -0.2) is 44.1 Å². The highest BCUT2D eigenvalue weighted by Gasteiger charge is 2.16. The molecular formula is C16H25N3O2. The Balaban J connectivity index is 1.58. The Morgan fingerprint density at radius 3 is 2.67 bits per heavy atom. The van der Waals surface area contributed by atoms with Crippen LogP contribution in [0, 0.1) is 5.92 Å². The Morgan fingerprint density at radius 1 is 1.33 bits per heavy atom. The quantitative estimate of drug-likeness (QED) is 0.779. The molecule has 0 spiro atoms. The molecule has 1 aromatic rings. The molecule has 0 bridgehead atoms. The molecule has 0 atom stereocenters. The molecule has 21 heavy (non-hydrogen) atoms. The van der Waals surface area contributed by atoms with Crippen LogP contribution in [0.4, 0.5) is 5.69 Å². The number of amides is 1. The number of nitrogens with zero attached hydrogens (tertiary/aromatic N) is 1. The minimum atomic E-state index is -0.0697. The van der Waals surface area contributed by atoms with Crippen molar-refractivity contribution in [3.05, 3.63) is 24.3 Å². The highest BCUT2D eigenvalue weighted by molar-refractivity contribution is 5.77. The summed E-state index contributed by atoms with van der Waals surface area (Å²) in [6, 6.07) is 7.04. The van der Waals surface area contributed by atoms with E-state index in [1.54, 1.807) is 24.3 Å². The van der Waals surface area contributed by atoms with Crippen molar-refractivity contribution in [3.63, 3.8) is 0 Å². The summed E-state index contributed by atoms with van der Waals surface area (Å²) in [5.41, 5.74) is 6.28. The van der Waals surface area contributed by atoms with Crippen molar-refractivity contribution in [3.8, 4) is 5.75 Å². The predicted molar refractivity (Wildman–Crippen MR) is 84.2 cm³/mol. The van der Waals surface area contributed by atoms with Gasteiger partial charge in [-0.15, -0.1) is 0 Å². The SMILES string of the molecule is CN1CCC(CCNC(=O)COc2ccc(N)cc2)CC1. The predicted octanol–water partition coefficient (Wildman–Crippen LogP) is 1.50. The Morgan fingerprint density at radius 2 is 2.00 bits per heavy atom. The van der Waals surface area contributed by atoms with E-state index in [0.29, 0.717) is 11.4 Å². The van der Waals surface area contributed by atoms with Gasteiger partial charge in [0.05, 0.1) is 0 Å². The van der Waals surface area contributed by atoms with E-state index in [0.717, 1.165) is 18.9 Å². The molecule has 3 N–H and O–H groups in total. The van der Waals surface area contributed by atoms with Gasteiger partial charge < -0.3 is 20.7 Å². The van der Waals surface area contributed by atoms with E-state index in [1.165, 1.54) is 25.9 Å². The molecule has 0 aliphatic carbocycles. The standard InChI is InChI=1S/C16H25N3O2/c1-19-10-7-13(8-11-19)6-9-18-16(20)12-21-15-4-2-14(17)3-5-15/h2-5,13H,6-12,17H2,1H3,(H,18,20). The molecule has 1 aromatic carbocycles. The number of nitrogen functional groups attached to an aromatic ring is 1. The van der Waals surface area contributed by atoms with Crippen molar-refractivity contribution >= 4 is 11.6 Å². The number of nitrogens with two attached hydrogens (primary N) is 1. The lowest BCUT2D eigenvalue weighted by Gasteiger charge is -2.28. The van der Waals surface area contributed by atoms with Crippen molar-refractivity contribution < 1.29 is 9.53 Å². The van der Waals surface area contributed by atoms with Crippen LogP contribution < -0.4 is 15.8 Å². The van der Waals surface area contributed by atoms with Crippen molar-refractivity contribution in [2.45, 2.75) is 19.3 Å². The molecule has 2 rings (SSSR count). The molecule has 0 radical (unpaired) electrons. The molecule has 1 fully saturated rings. The first-order chi connectivity index (χ1) is 10.1. The van der Waals surface area contributed by atoms with Crippen molar-refractivity contribution in [2.24, 2.45) is 5.92 Å². The molecule has 1 amide bonds. The number of piperidine rings is 1. The smallest absolute Gasteiger partial charge is 0.257 e. The summed E-state index contributed by atoms with van der Waals surface area (Å²) < 4.78 is 5.41. The van der Waals surface area contributed by atoms with Crippen LogP contribution in [0.5, 0.6) is 5.75 Å². The van der Waals surface area contributed by atoms with Gasteiger partial charge in [0.1, 0.15) is 5.75 Å². The lowest BCUT2D eigenvalue weighted by atomic mass is 9.94. The van der Waals surface area contributed by atoms with Gasteiger partial charge in [-0.05, 0) is 69.6 Å². The van der Waals surface area contributed by atoms with Crippen molar-refractivity contribution in [1.82, 2.24) is 10.2 Å². The third kappa shape index (κ3) is 5.63. The Labute approximate surface area is 126 Å². The van der Waals surface area contributed by atoms with Crippen LogP contribution in [-0.2, 0) is 4.79 Å².